The van der Waals surface area contributed by atoms with E-state index >= 15 is 0 Å². The molecule has 2 aromatic heterocycles. The number of rotatable bonds is 3. The first kappa shape index (κ1) is 9.74. The van der Waals surface area contributed by atoms with Gasteiger partial charge in [-0.05, 0) is 12.1 Å². The molecule has 0 saturated carbocycles. The fourth-order valence-corrected chi connectivity index (χ4v) is 1.86. The summed E-state index contributed by atoms with van der Waals surface area (Å²) in [4.78, 5) is 8.01. The number of hydrogen-bond donors (Lipinski definition) is 0. The highest BCUT2D eigenvalue weighted by molar-refractivity contribution is 7.98. The van der Waals surface area contributed by atoms with Gasteiger partial charge in [-0.15, -0.1) is 0 Å². The van der Waals surface area contributed by atoms with Crippen LogP contribution in [0.25, 0.3) is 0 Å². The summed E-state index contributed by atoms with van der Waals surface area (Å²) in [6.45, 7) is 0. The Morgan fingerprint density at radius 3 is 3.00 bits per heavy atom. The Kier molecular flexibility index (Phi) is 3.00. The Bertz CT molecular complexity index is 476. The Balaban J connectivity index is 2.08. The van der Waals surface area contributed by atoms with Gasteiger partial charge < -0.3 is 4.42 Å². The van der Waals surface area contributed by atoms with Crippen molar-refractivity contribution in [2.24, 2.45) is 0 Å². The number of hydrogen-bond acceptors (Lipinski definition) is 5. The van der Waals surface area contributed by atoms with Gasteiger partial charge in [0, 0.05) is 12.4 Å². The van der Waals surface area contributed by atoms with Crippen LogP contribution < -0.4 is 0 Å². The van der Waals surface area contributed by atoms with Crippen LogP contribution in [0.3, 0.4) is 0 Å². The van der Waals surface area contributed by atoms with E-state index < -0.39 is 0 Å². The van der Waals surface area contributed by atoms with Crippen molar-refractivity contribution in [2.45, 2.75) is 10.8 Å². The van der Waals surface area contributed by atoms with Crippen LogP contribution in [0.2, 0.25) is 0 Å². The van der Waals surface area contributed by atoms with E-state index in [9.17, 15) is 0 Å². The molecule has 5 heteroatoms. The Morgan fingerprint density at radius 2 is 2.27 bits per heavy atom. The van der Waals surface area contributed by atoms with Gasteiger partial charge >= 0.3 is 0 Å². The zero-order valence-corrected chi connectivity index (χ0v) is 8.57. The lowest BCUT2D eigenvalue weighted by atomic mass is 10.5. The molecule has 0 aliphatic rings. The maximum atomic E-state index is 8.79. The largest absolute Gasteiger partial charge is 0.468 e. The molecule has 0 aliphatic heterocycles. The highest BCUT2D eigenvalue weighted by Gasteiger charge is 2.05. The molecule has 0 aromatic carbocycles. The van der Waals surface area contributed by atoms with E-state index in [1.807, 2.05) is 18.2 Å². The Morgan fingerprint density at radius 1 is 1.40 bits per heavy atom. The quantitative estimate of drug-likeness (QED) is 0.738. The molecule has 2 rings (SSSR count). The van der Waals surface area contributed by atoms with Crippen LogP contribution in [-0.2, 0) is 5.75 Å². The van der Waals surface area contributed by atoms with Crippen LogP contribution >= 0.6 is 11.8 Å². The minimum atomic E-state index is 0.356. The lowest BCUT2D eigenvalue weighted by Gasteiger charge is -1.98. The summed E-state index contributed by atoms with van der Waals surface area (Å²) in [5, 5.41) is 9.42. The zero-order chi connectivity index (χ0) is 10.5. The van der Waals surface area contributed by atoms with Crippen molar-refractivity contribution in [2.75, 3.05) is 0 Å². The van der Waals surface area contributed by atoms with Gasteiger partial charge in [-0.1, -0.05) is 11.8 Å². The summed E-state index contributed by atoms with van der Waals surface area (Å²) in [6.07, 6.45) is 4.71. The van der Waals surface area contributed by atoms with Crippen LogP contribution in [0.15, 0.2) is 40.2 Å². The molecule has 0 fully saturated rings. The Hall–Kier alpha value is -1.80. The smallest absolute Gasteiger partial charge is 0.172 e. The van der Waals surface area contributed by atoms with E-state index in [1.165, 1.54) is 18.0 Å². The van der Waals surface area contributed by atoms with E-state index in [4.69, 9.17) is 9.68 Å². The number of nitriles is 1. The van der Waals surface area contributed by atoms with E-state index in [1.54, 1.807) is 12.5 Å². The van der Waals surface area contributed by atoms with Crippen LogP contribution in [0.5, 0.6) is 0 Å². The molecule has 0 unspecified atom stereocenters. The van der Waals surface area contributed by atoms with Crippen LogP contribution in [-0.4, -0.2) is 9.97 Å². The first-order chi connectivity index (χ1) is 7.40. The van der Waals surface area contributed by atoms with E-state index in [2.05, 4.69) is 9.97 Å². The third kappa shape index (κ3) is 2.36. The topological polar surface area (TPSA) is 62.7 Å². The maximum absolute atomic E-state index is 8.79. The standard InChI is InChI=1S/C10H7N3OS/c11-6-9-10(13-4-3-12-9)15-7-8-2-1-5-14-8/h1-5H,7H2. The third-order valence-corrected chi connectivity index (χ3v) is 2.70. The second kappa shape index (κ2) is 4.62. The third-order valence-electron chi connectivity index (χ3n) is 1.70. The number of nitrogens with zero attached hydrogens (tertiary/aromatic N) is 3. The van der Waals surface area contributed by atoms with Gasteiger partial charge in [0.1, 0.15) is 16.9 Å². The van der Waals surface area contributed by atoms with E-state index in [0.29, 0.717) is 16.5 Å². The minimum absolute atomic E-state index is 0.356. The van der Waals surface area contributed by atoms with Crippen molar-refractivity contribution >= 4 is 11.8 Å². The summed E-state index contributed by atoms with van der Waals surface area (Å²) in [7, 11) is 0. The predicted molar refractivity (Wildman–Crippen MR) is 55.0 cm³/mol. The molecule has 0 saturated heterocycles. The van der Waals surface area contributed by atoms with Gasteiger partial charge in [0.05, 0.1) is 12.0 Å². The molecule has 15 heavy (non-hydrogen) atoms. The van der Waals surface area contributed by atoms with Crippen molar-refractivity contribution in [3.05, 3.63) is 42.2 Å². The van der Waals surface area contributed by atoms with Gasteiger partial charge in [-0.25, -0.2) is 9.97 Å². The molecule has 0 aliphatic carbocycles. The average molecular weight is 217 g/mol. The molecule has 0 spiro atoms. The maximum Gasteiger partial charge on any atom is 0.172 e. The van der Waals surface area contributed by atoms with Crippen molar-refractivity contribution < 1.29 is 4.42 Å². The first-order valence-corrected chi connectivity index (χ1v) is 5.25. The molecular weight excluding hydrogens is 210 g/mol. The molecule has 2 aromatic rings. The van der Waals surface area contributed by atoms with Crippen molar-refractivity contribution in [3.8, 4) is 6.07 Å². The second-order valence-corrected chi connectivity index (χ2v) is 3.65. The molecule has 0 amide bonds. The van der Waals surface area contributed by atoms with Gasteiger partial charge in [-0.3, -0.25) is 0 Å². The number of thioether (sulfide) groups is 1. The summed E-state index contributed by atoms with van der Waals surface area (Å²) in [5.41, 5.74) is 0.356. The molecule has 4 nitrogen and oxygen atoms in total. The molecule has 0 N–H and O–H groups in total. The highest BCUT2D eigenvalue weighted by Crippen LogP contribution is 2.22. The predicted octanol–water partition coefficient (Wildman–Crippen LogP) is 2.23. The van der Waals surface area contributed by atoms with Gasteiger partial charge in [0.25, 0.3) is 0 Å². The summed E-state index contributed by atoms with van der Waals surface area (Å²) in [5.74, 6) is 1.51. The summed E-state index contributed by atoms with van der Waals surface area (Å²) < 4.78 is 5.18. The first-order valence-electron chi connectivity index (χ1n) is 4.26. The van der Waals surface area contributed by atoms with Crippen molar-refractivity contribution in [1.29, 1.82) is 5.26 Å². The second-order valence-electron chi connectivity index (χ2n) is 2.69. The van der Waals surface area contributed by atoms with Crippen LogP contribution in [0.1, 0.15) is 11.5 Å². The molecular formula is C10H7N3OS. The molecule has 2 heterocycles. The van der Waals surface area contributed by atoms with Gasteiger partial charge in [-0.2, -0.15) is 5.26 Å². The molecule has 0 bridgehead atoms. The minimum Gasteiger partial charge on any atom is -0.468 e. The van der Waals surface area contributed by atoms with Gasteiger partial charge in [0.15, 0.2) is 5.69 Å². The monoisotopic (exact) mass is 217 g/mol. The van der Waals surface area contributed by atoms with Crippen molar-refractivity contribution in [3.63, 3.8) is 0 Å². The van der Waals surface area contributed by atoms with E-state index in [-0.39, 0.29) is 0 Å². The fourth-order valence-electron chi connectivity index (χ4n) is 1.04. The average Bonchev–Trinajstić information content (AvgIpc) is 2.79. The SMILES string of the molecule is N#Cc1nccnc1SCc1ccco1. The summed E-state index contributed by atoms with van der Waals surface area (Å²) in [6, 6.07) is 5.72. The number of furan rings is 1. The molecule has 0 atom stereocenters. The number of aromatic nitrogens is 2. The molecule has 74 valence electrons. The van der Waals surface area contributed by atoms with Gasteiger partial charge in [0.2, 0.25) is 0 Å². The lowest BCUT2D eigenvalue weighted by molar-refractivity contribution is 0.530. The zero-order valence-electron chi connectivity index (χ0n) is 7.75. The molecule has 0 radical (unpaired) electrons. The lowest BCUT2D eigenvalue weighted by Crippen LogP contribution is -1.90. The fraction of sp³-hybridized carbons (Fsp3) is 0.100. The van der Waals surface area contributed by atoms with E-state index in [0.717, 1.165) is 5.76 Å². The Labute approximate surface area is 91.0 Å². The highest BCUT2D eigenvalue weighted by atomic mass is 32.2. The normalized spacial score (nSPS) is 9.80. The summed E-state index contributed by atoms with van der Waals surface area (Å²) >= 11 is 1.44. The van der Waals surface area contributed by atoms with Crippen LogP contribution in [0.4, 0.5) is 0 Å². The van der Waals surface area contributed by atoms with Crippen LogP contribution in [0, 0.1) is 11.3 Å². The van der Waals surface area contributed by atoms with Crippen molar-refractivity contribution in [1.82, 2.24) is 9.97 Å².